The van der Waals surface area contributed by atoms with Crippen molar-refractivity contribution in [2.24, 2.45) is 0 Å². The van der Waals surface area contributed by atoms with Crippen LogP contribution in [0.2, 0.25) is 10.0 Å². The molecule has 6 heteroatoms. The van der Waals surface area contributed by atoms with Crippen LogP contribution in [0.15, 0.2) is 36.4 Å². The van der Waals surface area contributed by atoms with Crippen molar-refractivity contribution in [1.29, 1.82) is 0 Å². The van der Waals surface area contributed by atoms with Crippen molar-refractivity contribution in [2.75, 3.05) is 0 Å². The second kappa shape index (κ2) is 11.9. The fourth-order valence-electron chi connectivity index (χ4n) is 4.51. The molecule has 1 aliphatic carbocycles. The van der Waals surface area contributed by atoms with Crippen LogP contribution in [0.4, 0.5) is 0 Å². The van der Waals surface area contributed by atoms with E-state index in [1.807, 2.05) is 32.0 Å². The standard InChI is InChI=1S/C27H34Cl2N2O2/c1-4-25(27(33)30-21-9-6-5-7-10-21)31(17-22-23(28)11-8-12-24(22)29)26(32)16-20-14-13-18(2)19(3)15-20/h8,11-15,21,25H,4-7,9-10,16-17H2,1-3H3,(H,30,33)/t25-/m0/s1. The highest BCUT2D eigenvalue weighted by Crippen LogP contribution is 2.28. The lowest BCUT2D eigenvalue weighted by atomic mass is 9.95. The molecule has 0 spiro atoms. The van der Waals surface area contributed by atoms with Crippen molar-refractivity contribution in [3.8, 4) is 0 Å². The monoisotopic (exact) mass is 488 g/mol. The first-order valence-corrected chi connectivity index (χ1v) is 12.6. The Morgan fingerprint density at radius 1 is 1.03 bits per heavy atom. The van der Waals surface area contributed by atoms with Gasteiger partial charge in [-0.15, -0.1) is 0 Å². The second-order valence-electron chi connectivity index (χ2n) is 9.08. The molecule has 0 aliphatic heterocycles. The smallest absolute Gasteiger partial charge is 0.243 e. The van der Waals surface area contributed by atoms with E-state index in [9.17, 15) is 9.59 Å². The van der Waals surface area contributed by atoms with Gasteiger partial charge in [0.15, 0.2) is 0 Å². The number of halogens is 2. The summed E-state index contributed by atoms with van der Waals surface area (Å²) in [4.78, 5) is 28.6. The number of carbonyl (C=O) groups excluding carboxylic acids is 2. The van der Waals surface area contributed by atoms with E-state index in [1.54, 1.807) is 23.1 Å². The molecule has 0 heterocycles. The lowest BCUT2D eigenvalue weighted by Crippen LogP contribution is -2.52. The van der Waals surface area contributed by atoms with Crippen LogP contribution >= 0.6 is 23.2 Å². The predicted molar refractivity (Wildman–Crippen MR) is 136 cm³/mol. The van der Waals surface area contributed by atoms with Gasteiger partial charge in [0.2, 0.25) is 11.8 Å². The van der Waals surface area contributed by atoms with Crippen LogP contribution in [0, 0.1) is 13.8 Å². The minimum Gasteiger partial charge on any atom is -0.352 e. The Labute approximate surface area is 207 Å². The first kappa shape index (κ1) is 25.6. The van der Waals surface area contributed by atoms with Crippen LogP contribution in [0.3, 0.4) is 0 Å². The van der Waals surface area contributed by atoms with Gasteiger partial charge in [-0.25, -0.2) is 0 Å². The fourth-order valence-corrected chi connectivity index (χ4v) is 5.02. The first-order valence-electron chi connectivity index (χ1n) is 11.9. The summed E-state index contributed by atoms with van der Waals surface area (Å²) in [5.74, 6) is -0.208. The molecule has 4 nitrogen and oxygen atoms in total. The third-order valence-electron chi connectivity index (χ3n) is 6.65. The van der Waals surface area contributed by atoms with Gasteiger partial charge >= 0.3 is 0 Å². The van der Waals surface area contributed by atoms with E-state index in [1.165, 1.54) is 12.0 Å². The van der Waals surface area contributed by atoms with E-state index in [0.29, 0.717) is 22.0 Å². The van der Waals surface area contributed by atoms with Gasteiger partial charge in [0, 0.05) is 28.2 Å². The van der Waals surface area contributed by atoms with Crippen LogP contribution in [-0.2, 0) is 22.6 Å². The molecule has 0 aromatic heterocycles. The zero-order valence-corrected chi connectivity index (χ0v) is 21.3. The van der Waals surface area contributed by atoms with Gasteiger partial charge in [0.1, 0.15) is 6.04 Å². The van der Waals surface area contributed by atoms with Crippen LogP contribution in [0.25, 0.3) is 0 Å². The van der Waals surface area contributed by atoms with Crippen molar-refractivity contribution in [1.82, 2.24) is 10.2 Å². The Morgan fingerprint density at radius 2 is 1.70 bits per heavy atom. The third kappa shape index (κ3) is 6.74. The minimum atomic E-state index is -0.585. The molecule has 0 saturated heterocycles. The van der Waals surface area contributed by atoms with Crippen molar-refractivity contribution in [2.45, 2.75) is 84.3 Å². The molecule has 0 unspecified atom stereocenters. The molecule has 2 aromatic carbocycles. The van der Waals surface area contributed by atoms with Gasteiger partial charge in [0.05, 0.1) is 6.42 Å². The van der Waals surface area contributed by atoms with Crippen LogP contribution in [0.5, 0.6) is 0 Å². The largest absolute Gasteiger partial charge is 0.352 e. The first-order chi connectivity index (χ1) is 15.8. The van der Waals surface area contributed by atoms with Crippen LogP contribution in [-0.4, -0.2) is 28.8 Å². The highest BCUT2D eigenvalue weighted by molar-refractivity contribution is 6.36. The number of carbonyl (C=O) groups is 2. The molecule has 1 saturated carbocycles. The molecular formula is C27H34Cl2N2O2. The number of nitrogens with one attached hydrogen (secondary N) is 1. The summed E-state index contributed by atoms with van der Waals surface area (Å²) in [6, 6.07) is 10.9. The number of hydrogen-bond donors (Lipinski definition) is 1. The molecule has 1 fully saturated rings. The van der Waals surface area contributed by atoms with Crippen molar-refractivity contribution >= 4 is 35.0 Å². The third-order valence-corrected chi connectivity index (χ3v) is 7.36. The Hall–Kier alpha value is -2.04. The maximum atomic E-state index is 13.6. The quantitative estimate of drug-likeness (QED) is 0.466. The lowest BCUT2D eigenvalue weighted by Gasteiger charge is -2.33. The Kier molecular flexibility index (Phi) is 9.22. The number of hydrogen-bond acceptors (Lipinski definition) is 2. The van der Waals surface area contributed by atoms with E-state index >= 15 is 0 Å². The van der Waals surface area contributed by atoms with Crippen molar-refractivity contribution < 1.29 is 9.59 Å². The Morgan fingerprint density at radius 3 is 2.30 bits per heavy atom. The Balaban J connectivity index is 1.87. The number of nitrogens with zero attached hydrogens (tertiary/aromatic N) is 1. The number of amides is 2. The highest BCUT2D eigenvalue weighted by Gasteiger charge is 2.31. The summed E-state index contributed by atoms with van der Waals surface area (Å²) in [7, 11) is 0. The minimum absolute atomic E-state index is 0.0963. The number of aryl methyl sites for hydroxylation is 2. The zero-order valence-electron chi connectivity index (χ0n) is 19.8. The summed E-state index contributed by atoms with van der Waals surface area (Å²) in [6.45, 7) is 6.22. The molecule has 1 atom stereocenters. The number of rotatable bonds is 8. The molecule has 0 radical (unpaired) electrons. The molecule has 2 amide bonds. The van der Waals surface area contributed by atoms with Gasteiger partial charge in [-0.2, -0.15) is 0 Å². The van der Waals surface area contributed by atoms with Crippen LogP contribution < -0.4 is 5.32 Å². The van der Waals surface area contributed by atoms with E-state index in [-0.39, 0.29) is 30.8 Å². The molecule has 33 heavy (non-hydrogen) atoms. The van der Waals surface area contributed by atoms with E-state index < -0.39 is 6.04 Å². The van der Waals surface area contributed by atoms with Gasteiger partial charge in [-0.3, -0.25) is 9.59 Å². The molecular weight excluding hydrogens is 455 g/mol. The summed E-state index contributed by atoms with van der Waals surface area (Å²) < 4.78 is 0. The maximum absolute atomic E-state index is 13.6. The Bertz CT molecular complexity index is 966. The topological polar surface area (TPSA) is 49.4 Å². The average Bonchev–Trinajstić information content (AvgIpc) is 2.78. The van der Waals surface area contributed by atoms with Gasteiger partial charge < -0.3 is 10.2 Å². The summed E-state index contributed by atoms with van der Waals surface area (Å²) in [5, 5.41) is 4.19. The van der Waals surface area contributed by atoms with Gasteiger partial charge in [-0.1, -0.05) is 73.7 Å². The summed E-state index contributed by atoms with van der Waals surface area (Å²) in [5.41, 5.74) is 3.92. The van der Waals surface area contributed by atoms with E-state index in [0.717, 1.165) is 36.8 Å². The maximum Gasteiger partial charge on any atom is 0.243 e. The van der Waals surface area contributed by atoms with Gasteiger partial charge in [0.25, 0.3) is 0 Å². The number of benzene rings is 2. The van der Waals surface area contributed by atoms with E-state index in [4.69, 9.17) is 23.2 Å². The average molecular weight is 489 g/mol. The lowest BCUT2D eigenvalue weighted by molar-refractivity contribution is -0.141. The van der Waals surface area contributed by atoms with E-state index in [2.05, 4.69) is 12.2 Å². The van der Waals surface area contributed by atoms with Crippen molar-refractivity contribution in [3.05, 3.63) is 68.7 Å². The molecule has 1 N–H and O–H groups in total. The normalized spacial score (nSPS) is 15.2. The highest BCUT2D eigenvalue weighted by atomic mass is 35.5. The molecule has 1 aliphatic rings. The zero-order chi connectivity index (χ0) is 24.0. The molecule has 3 rings (SSSR count). The second-order valence-corrected chi connectivity index (χ2v) is 9.90. The fraction of sp³-hybridized carbons (Fsp3) is 0.481. The SMILES string of the molecule is CC[C@@H](C(=O)NC1CCCCC1)N(Cc1c(Cl)cccc1Cl)C(=O)Cc1ccc(C)c(C)c1. The molecule has 2 aromatic rings. The summed E-state index contributed by atoms with van der Waals surface area (Å²) in [6.07, 6.45) is 6.20. The van der Waals surface area contributed by atoms with Crippen LogP contribution in [0.1, 0.15) is 67.7 Å². The molecule has 178 valence electrons. The molecule has 0 bridgehead atoms. The van der Waals surface area contributed by atoms with Gasteiger partial charge in [-0.05, 0) is 61.9 Å². The predicted octanol–water partition coefficient (Wildman–Crippen LogP) is 6.41. The summed E-state index contributed by atoms with van der Waals surface area (Å²) >= 11 is 12.9. The van der Waals surface area contributed by atoms with Crippen molar-refractivity contribution in [3.63, 3.8) is 0 Å².